The van der Waals surface area contributed by atoms with E-state index in [0.717, 1.165) is 96.3 Å². The Morgan fingerprint density at radius 1 is 0.300 bits per heavy atom. The highest BCUT2D eigenvalue weighted by Crippen LogP contribution is 2.16. The van der Waals surface area contributed by atoms with Crippen LogP contribution in [0.25, 0.3) is 0 Å². The minimum absolute atomic E-state index is 0.0716. The van der Waals surface area contributed by atoms with E-state index in [4.69, 9.17) is 14.2 Å². The molecule has 0 N–H and O–H groups in total. The van der Waals surface area contributed by atoms with E-state index in [1.54, 1.807) is 0 Å². The summed E-state index contributed by atoms with van der Waals surface area (Å²) in [5, 5.41) is 0. The lowest BCUT2D eigenvalue weighted by atomic mass is 10.0. The molecule has 0 saturated heterocycles. The van der Waals surface area contributed by atoms with Crippen molar-refractivity contribution in [3.05, 3.63) is 72.9 Å². The lowest BCUT2D eigenvalue weighted by Crippen LogP contribution is -2.30. The molecule has 70 heavy (non-hydrogen) atoms. The van der Waals surface area contributed by atoms with E-state index in [-0.39, 0.29) is 31.1 Å². The fraction of sp³-hybridized carbons (Fsp3) is 0.766. The maximum Gasteiger partial charge on any atom is 0.306 e. The normalized spacial score (nSPS) is 12.6. The van der Waals surface area contributed by atoms with Crippen molar-refractivity contribution in [3.63, 3.8) is 0 Å². The standard InChI is InChI=1S/C64H112O6/c1-4-7-10-13-16-19-22-24-25-26-27-28-29-30-31-32-33-34-35-36-37-38-39-40-43-45-48-51-54-57-63(66)69-60-61(59-68-62(65)56-53-50-47-44-41-21-18-15-12-9-6-3)70-64(67)58-55-52-49-46-42-23-20-17-14-11-8-5-2/h7,10,16,19,24-25,27-28,30-31,33-34,61H,4-6,8-9,11-15,17-18,20-23,26,29,32,35-60H2,1-3H3/b10-7-,19-16-,25-24-,28-27-,31-30-,34-33-. The number of carbonyl (C=O) groups is 3. The molecule has 0 fully saturated rings. The third-order valence-corrected chi connectivity index (χ3v) is 13.0. The summed E-state index contributed by atoms with van der Waals surface area (Å²) in [6, 6.07) is 0. The zero-order valence-electron chi connectivity index (χ0n) is 46.3. The van der Waals surface area contributed by atoms with E-state index < -0.39 is 6.10 Å². The van der Waals surface area contributed by atoms with Gasteiger partial charge in [0.1, 0.15) is 13.2 Å². The summed E-state index contributed by atoms with van der Waals surface area (Å²) in [5.74, 6) is -0.866. The minimum atomic E-state index is -0.772. The Hall–Kier alpha value is -3.15. The molecule has 0 aliphatic rings. The summed E-state index contributed by atoms with van der Waals surface area (Å²) < 4.78 is 16.8. The first-order valence-corrected chi connectivity index (χ1v) is 29.9. The van der Waals surface area contributed by atoms with Crippen LogP contribution in [0, 0.1) is 0 Å². The van der Waals surface area contributed by atoms with Crippen LogP contribution in [-0.2, 0) is 28.6 Å². The number of hydrogen-bond acceptors (Lipinski definition) is 6. The fourth-order valence-electron chi connectivity index (χ4n) is 8.51. The molecular formula is C64H112O6. The van der Waals surface area contributed by atoms with E-state index in [9.17, 15) is 14.4 Å². The molecular weight excluding hydrogens is 865 g/mol. The van der Waals surface area contributed by atoms with Crippen LogP contribution in [-0.4, -0.2) is 37.2 Å². The molecule has 0 aromatic rings. The average molecular weight is 978 g/mol. The molecule has 404 valence electrons. The van der Waals surface area contributed by atoms with Gasteiger partial charge in [-0.2, -0.15) is 0 Å². The zero-order chi connectivity index (χ0) is 50.7. The van der Waals surface area contributed by atoms with Crippen LogP contribution in [0.3, 0.4) is 0 Å². The van der Waals surface area contributed by atoms with E-state index in [0.29, 0.717) is 19.3 Å². The molecule has 6 nitrogen and oxygen atoms in total. The van der Waals surface area contributed by atoms with Gasteiger partial charge in [0.15, 0.2) is 6.10 Å². The van der Waals surface area contributed by atoms with Crippen LogP contribution >= 0.6 is 0 Å². The summed E-state index contributed by atoms with van der Waals surface area (Å²) in [4.78, 5) is 38.1. The summed E-state index contributed by atoms with van der Waals surface area (Å²) in [6.45, 7) is 6.53. The Bertz CT molecular complexity index is 1310. The molecule has 0 radical (unpaired) electrons. The molecule has 0 amide bonds. The molecule has 0 aromatic carbocycles. The second-order valence-corrected chi connectivity index (χ2v) is 19.9. The second-order valence-electron chi connectivity index (χ2n) is 19.9. The number of ether oxygens (including phenoxy) is 3. The molecule has 0 bridgehead atoms. The highest BCUT2D eigenvalue weighted by molar-refractivity contribution is 5.71. The lowest BCUT2D eigenvalue weighted by molar-refractivity contribution is -0.167. The monoisotopic (exact) mass is 977 g/mol. The van der Waals surface area contributed by atoms with Gasteiger partial charge in [-0.1, -0.05) is 280 Å². The van der Waals surface area contributed by atoms with E-state index in [2.05, 4.69) is 93.7 Å². The number of rotatable bonds is 54. The molecule has 0 spiro atoms. The van der Waals surface area contributed by atoms with Crippen LogP contribution in [0.5, 0.6) is 0 Å². The summed E-state index contributed by atoms with van der Waals surface area (Å²) in [7, 11) is 0. The highest BCUT2D eigenvalue weighted by atomic mass is 16.6. The van der Waals surface area contributed by atoms with Crippen molar-refractivity contribution in [2.24, 2.45) is 0 Å². The summed E-state index contributed by atoms with van der Waals surface area (Å²) in [6.07, 6.45) is 74.7. The van der Waals surface area contributed by atoms with E-state index in [1.807, 2.05) is 0 Å². The van der Waals surface area contributed by atoms with Gasteiger partial charge in [0, 0.05) is 19.3 Å². The van der Waals surface area contributed by atoms with Gasteiger partial charge in [0.2, 0.25) is 0 Å². The van der Waals surface area contributed by atoms with Gasteiger partial charge in [-0.05, 0) is 70.6 Å². The van der Waals surface area contributed by atoms with Crippen LogP contribution in [0.15, 0.2) is 72.9 Å². The Morgan fingerprint density at radius 3 is 0.871 bits per heavy atom. The van der Waals surface area contributed by atoms with Gasteiger partial charge in [-0.3, -0.25) is 14.4 Å². The third kappa shape index (κ3) is 55.8. The minimum Gasteiger partial charge on any atom is -0.462 e. The molecule has 1 atom stereocenters. The quantitative estimate of drug-likeness (QED) is 0.0261. The predicted octanol–water partition coefficient (Wildman–Crippen LogP) is 20.2. The van der Waals surface area contributed by atoms with Gasteiger partial charge in [0.05, 0.1) is 0 Å². The topological polar surface area (TPSA) is 78.9 Å². The molecule has 0 rings (SSSR count). The first-order chi connectivity index (χ1) is 34.5. The number of allylic oxidation sites excluding steroid dienone is 12. The largest absolute Gasteiger partial charge is 0.462 e. The Labute approximate surface area is 433 Å². The first-order valence-electron chi connectivity index (χ1n) is 29.9. The number of esters is 3. The number of hydrogen-bond donors (Lipinski definition) is 0. The van der Waals surface area contributed by atoms with Crippen LogP contribution in [0.1, 0.15) is 297 Å². The van der Waals surface area contributed by atoms with Crippen molar-refractivity contribution in [1.29, 1.82) is 0 Å². The first kappa shape index (κ1) is 66.9. The van der Waals surface area contributed by atoms with Crippen molar-refractivity contribution in [3.8, 4) is 0 Å². The van der Waals surface area contributed by atoms with Gasteiger partial charge >= 0.3 is 17.9 Å². The zero-order valence-corrected chi connectivity index (χ0v) is 46.3. The number of carbonyl (C=O) groups excluding carboxylic acids is 3. The Balaban J connectivity index is 4.18. The van der Waals surface area contributed by atoms with Crippen molar-refractivity contribution in [2.45, 2.75) is 303 Å². The van der Waals surface area contributed by atoms with Crippen molar-refractivity contribution in [1.82, 2.24) is 0 Å². The predicted molar refractivity (Wildman–Crippen MR) is 302 cm³/mol. The van der Waals surface area contributed by atoms with E-state index >= 15 is 0 Å². The smallest absolute Gasteiger partial charge is 0.306 e. The van der Waals surface area contributed by atoms with Crippen LogP contribution in [0.2, 0.25) is 0 Å². The van der Waals surface area contributed by atoms with Gasteiger partial charge in [-0.15, -0.1) is 0 Å². The van der Waals surface area contributed by atoms with Crippen molar-refractivity contribution in [2.75, 3.05) is 13.2 Å². The molecule has 1 unspecified atom stereocenters. The van der Waals surface area contributed by atoms with Gasteiger partial charge < -0.3 is 14.2 Å². The molecule has 0 saturated carbocycles. The summed E-state index contributed by atoms with van der Waals surface area (Å²) in [5.41, 5.74) is 0. The molecule has 0 heterocycles. The van der Waals surface area contributed by atoms with Crippen LogP contribution in [0.4, 0.5) is 0 Å². The Morgan fingerprint density at radius 2 is 0.557 bits per heavy atom. The lowest BCUT2D eigenvalue weighted by Gasteiger charge is -2.18. The van der Waals surface area contributed by atoms with Crippen LogP contribution < -0.4 is 0 Å². The van der Waals surface area contributed by atoms with Crippen molar-refractivity contribution >= 4 is 17.9 Å². The third-order valence-electron chi connectivity index (χ3n) is 13.0. The molecule has 0 aromatic heterocycles. The Kier molecular flexibility index (Phi) is 55.8. The van der Waals surface area contributed by atoms with Crippen molar-refractivity contribution < 1.29 is 28.6 Å². The highest BCUT2D eigenvalue weighted by Gasteiger charge is 2.19. The molecule has 0 aliphatic carbocycles. The van der Waals surface area contributed by atoms with E-state index in [1.165, 1.54) is 161 Å². The fourth-order valence-corrected chi connectivity index (χ4v) is 8.51. The average Bonchev–Trinajstić information content (AvgIpc) is 3.36. The summed E-state index contributed by atoms with van der Waals surface area (Å²) >= 11 is 0. The van der Waals surface area contributed by atoms with Gasteiger partial charge in [0.25, 0.3) is 0 Å². The maximum atomic E-state index is 12.8. The number of unbranched alkanes of at least 4 members (excludes halogenated alkanes) is 31. The molecule has 0 aliphatic heterocycles. The second kappa shape index (κ2) is 58.4. The maximum absolute atomic E-state index is 12.8. The SMILES string of the molecule is CC/C=C\C/C=C\C/C=C\C/C=C\C/C=C\C/C=C\CCCCCCCCCCCCC(=O)OCC(COC(=O)CCCCCCCCCCCCC)OC(=O)CCCCCCCCCCCCCC. The molecule has 6 heteroatoms. The van der Waals surface area contributed by atoms with Gasteiger partial charge in [-0.25, -0.2) is 0 Å².